The minimum atomic E-state index is -1.79. The topological polar surface area (TPSA) is 127 Å². The van der Waals surface area contributed by atoms with Gasteiger partial charge < -0.3 is 19.7 Å². The van der Waals surface area contributed by atoms with Crippen LogP contribution in [0.2, 0.25) is 5.02 Å². The van der Waals surface area contributed by atoms with E-state index < -0.39 is 40.4 Å². The van der Waals surface area contributed by atoms with Crippen LogP contribution in [0.25, 0.3) is 0 Å². The molecule has 0 radical (unpaired) electrons. The molecule has 4 aliphatic carbocycles. The van der Waals surface area contributed by atoms with Crippen LogP contribution in [0.15, 0.2) is 76.1 Å². The first-order valence-electron chi connectivity index (χ1n) is 15.1. The van der Waals surface area contributed by atoms with Crippen molar-refractivity contribution in [3.05, 3.63) is 76.9 Å². The minimum Gasteiger partial charge on any atom is -0.478 e. The zero-order valence-electron chi connectivity index (χ0n) is 25.2. The van der Waals surface area contributed by atoms with E-state index in [2.05, 4.69) is 6.92 Å². The molecule has 0 bridgehead atoms. The second kappa shape index (κ2) is 11.4. The number of hydrogen-bond donors (Lipinski definition) is 2. The Morgan fingerprint density at radius 3 is 2.42 bits per heavy atom. The Morgan fingerprint density at radius 1 is 1.04 bits per heavy atom. The predicted octanol–water partition coefficient (Wildman–Crippen LogP) is 6.68. The van der Waals surface area contributed by atoms with E-state index in [0.717, 1.165) is 21.8 Å². The molecular weight excluding hydrogens is 616 g/mol. The van der Waals surface area contributed by atoms with Crippen LogP contribution in [-0.4, -0.2) is 45.6 Å². The lowest BCUT2D eigenvalue weighted by Gasteiger charge is -2.59. The van der Waals surface area contributed by atoms with E-state index in [4.69, 9.17) is 21.1 Å². The van der Waals surface area contributed by atoms with Crippen LogP contribution in [-0.2, 0) is 19.1 Å². The molecule has 45 heavy (non-hydrogen) atoms. The number of carbonyl (C=O) groups excluding carboxylic acids is 3. The first kappa shape index (κ1) is 31.6. The van der Waals surface area contributed by atoms with Crippen LogP contribution in [0.4, 0.5) is 0 Å². The van der Waals surface area contributed by atoms with Crippen LogP contribution in [0.1, 0.15) is 63.2 Å². The zero-order chi connectivity index (χ0) is 32.3. The van der Waals surface area contributed by atoms with Gasteiger partial charge in [-0.25, -0.2) is 9.59 Å². The number of aliphatic carboxylic acids is 1. The fourth-order valence-corrected chi connectivity index (χ4v) is 9.81. The smallest absolute Gasteiger partial charge is 0.348 e. The number of benzene rings is 2. The number of carboxylic acid groups (broad SMARTS) is 1. The first-order chi connectivity index (χ1) is 21.3. The Bertz CT molecular complexity index is 1650. The summed E-state index contributed by atoms with van der Waals surface area (Å²) in [5.74, 6) is -2.37. The fraction of sp³-hybridized carbons (Fsp3) is 0.429. The molecule has 3 saturated carbocycles. The van der Waals surface area contributed by atoms with Crippen molar-refractivity contribution in [3.8, 4) is 5.75 Å². The third kappa shape index (κ3) is 5.22. The van der Waals surface area contributed by atoms with Crippen molar-refractivity contribution in [2.75, 3.05) is 0 Å². The van der Waals surface area contributed by atoms with Gasteiger partial charge in [0.05, 0.1) is 16.7 Å². The second-order valence-corrected chi connectivity index (χ2v) is 14.6. The average molecular weight is 651 g/mol. The summed E-state index contributed by atoms with van der Waals surface area (Å²) in [6.07, 6.45) is 6.71. The number of carboxylic acids is 1. The van der Waals surface area contributed by atoms with Crippen molar-refractivity contribution in [2.45, 2.75) is 74.4 Å². The number of aliphatic hydroxyl groups excluding tert-OH is 1. The van der Waals surface area contributed by atoms with Crippen molar-refractivity contribution in [1.82, 2.24) is 0 Å². The Kier molecular flexibility index (Phi) is 8.03. The van der Waals surface area contributed by atoms with Gasteiger partial charge in [0.2, 0.25) is 5.60 Å². The van der Waals surface area contributed by atoms with Crippen LogP contribution in [0.3, 0.4) is 0 Å². The molecule has 4 aliphatic rings. The highest BCUT2D eigenvalue weighted by Crippen LogP contribution is 2.67. The minimum absolute atomic E-state index is 0.0200. The quantitative estimate of drug-likeness (QED) is 0.260. The molecule has 6 unspecified atom stereocenters. The second-order valence-electron chi connectivity index (χ2n) is 13.1. The van der Waals surface area contributed by atoms with Crippen LogP contribution in [0, 0.1) is 28.6 Å². The Hall–Kier alpha value is -3.40. The Morgan fingerprint density at radius 2 is 1.76 bits per heavy atom. The van der Waals surface area contributed by atoms with Crippen LogP contribution < -0.4 is 4.74 Å². The SMILES string of the molecule is CC(=O)Oc1ccc(Sc2ccc(C(=O)O[C@]3(C(=O)O)CCC4C5CCC6=CC(=O)C=CC6(C)C5C(O)CC43C)cc2)cc1Cl. The van der Waals surface area contributed by atoms with Gasteiger partial charge in [-0.05, 0) is 98.6 Å². The lowest BCUT2D eigenvalue weighted by molar-refractivity contribution is -0.192. The number of esters is 2. The van der Waals surface area contributed by atoms with Crippen molar-refractivity contribution in [1.29, 1.82) is 0 Å². The third-order valence-corrected chi connectivity index (χ3v) is 12.0. The highest BCUT2D eigenvalue weighted by atomic mass is 35.5. The normalized spacial score (nSPS) is 33.4. The van der Waals surface area contributed by atoms with E-state index in [1.165, 1.54) is 18.7 Å². The maximum Gasteiger partial charge on any atom is 0.348 e. The summed E-state index contributed by atoms with van der Waals surface area (Å²) in [6.45, 7) is 5.22. The Labute approximate surface area is 270 Å². The van der Waals surface area contributed by atoms with Crippen LogP contribution >= 0.6 is 23.4 Å². The van der Waals surface area contributed by atoms with E-state index in [9.17, 15) is 29.4 Å². The van der Waals surface area contributed by atoms with E-state index in [-0.39, 0.29) is 47.7 Å². The van der Waals surface area contributed by atoms with Gasteiger partial charge in [-0.3, -0.25) is 9.59 Å². The lowest BCUT2D eigenvalue weighted by atomic mass is 9.46. The predicted molar refractivity (Wildman–Crippen MR) is 167 cm³/mol. The van der Waals surface area contributed by atoms with E-state index in [0.29, 0.717) is 17.9 Å². The van der Waals surface area contributed by atoms with Gasteiger partial charge in [0, 0.05) is 33.5 Å². The summed E-state index contributed by atoms with van der Waals surface area (Å²) in [5.41, 5.74) is -1.99. The fourth-order valence-electron chi connectivity index (χ4n) is 8.67. The largest absolute Gasteiger partial charge is 0.478 e. The third-order valence-electron chi connectivity index (χ3n) is 10.7. The molecule has 2 aromatic rings. The molecule has 2 aromatic carbocycles. The van der Waals surface area contributed by atoms with Gasteiger partial charge in [-0.2, -0.15) is 0 Å². The molecule has 3 fully saturated rings. The molecule has 2 N–H and O–H groups in total. The molecular formula is C35H35ClO8S. The Balaban J connectivity index is 1.21. The molecule has 236 valence electrons. The summed E-state index contributed by atoms with van der Waals surface area (Å²) >= 11 is 7.63. The summed E-state index contributed by atoms with van der Waals surface area (Å²) in [5, 5.41) is 22.6. The van der Waals surface area contributed by atoms with Gasteiger partial charge in [0.25, 0.3) is 0 Å². The maximum absolute atomic E-state index is 13.5. The highest BCUT2D eigenvalue weighted by Gasteiger charge is 2.71. The average Bonchev–Trinajstić information content (AvgIpc) is 3.27. The molecule has 0 saturated heterocycles. The molecule has 10 heteroatoms. The number of fused-ring (bicyclic) bond motifs is 5. The molecule has 0 aromatic heterocycles. The highest BCUT2D eigenvalue weighted by molar-refractivity contribution is 7.99. The number of allylic oxidation sites excluding steroid dienone is 4. The standard InChI is InChI=1S/C35H35ClO8S/c1-19(37)43-29-11-9-24(17-27(29)36)45-23-7-4-20(5-8-23)31(40)44-35(32(41)42)15-13-26-25-10-6-21-16-22(38)12-14-33(21,2)30(25)28(39)18-34(26,35)3/h4-5,7-9,11-12,14,16-17,25-26,28,30,39H,6,10,13,15,18H2,1-3H3,(H,41,42)/t25?,26?,28?,30?,33?,34?,35-/m0/s1. The van der Waals surface area contributed by atoms with E-state index >= 15 is 0 Å². The molecule has 0 heterocycles. The number of ether oxygens (including phenoxy) is 2. The van der Waals surface area contributed by atoms with Crippen molar-refractivity contribution in [2.24, 2.45) is 28.6 Å². The van der Waals surface area contributed by atoms with Gasteiger partial charge >= 0.3 is 17.9 Å². The summed E-state index contributed by atoms with van der Waals surface area (Å²) in [7, 11) is 0. The summed E-state index contributed by atoms with van der Waals surface area (Å²) in [6, 6.07) is 11.7. The maximum atomic E-state index is 13.5. The number of aliphatic hydroxyl groups is 1. The number of rotatable bonds is 6. The lowest BCUT2D eigenvalue weighted by Crippen LogP contribution is -2.62. The molecule has 0 amide bonds. The molecule has 7 atom stereocenters. The number of ketones is 1. The summed E-state index contributed by atoms with van der Waals surface area (Å²) in [4.78, 5) is 51.5. The summed E-state index contributed by atoms with van der Waals surface area (Å²) < 4.78 is 11.1. The van der Waals surface area contributed by atoms with Gasteiger partial charge in [0.1, 0.15) is 5.75 Å². The number of hydrogen-bond acceptors (Lipinski definition) is 8. The zero-order valence-corrected chi connectivity index (χ0v) is 26.8. The van der Waals surface area contributed by atoms with Crippen molar-refractivity contribution >= 4 is 47.1 Å². The van der Waals surface area contributed by atoms with Crippen molar-refractivity contribution < 1.29 is 38.9 Å². The number of halogens is 1. The van der Waals surface area contributed by atoms with E-state index in [1.807, 2.05) is 13.0 Å². The molecule has 6 rings (SSSR count). The molecule has 8 nitrogen and oxygen atoms in total. The monoisotopic (exact) mass is 650 g/mol. The van der Waals surface area contributed by atoms with E-state index in [1.54, 1.807) is 54.6 Å². The van der Waals surface area contributed by atoms with Crippen molar-refractivity contribution in [3.63, 3.8) is 0 Å². The number of carbonyl (C=O) groups is 4. The van der Waals surface area contributed by atoms with Crippen LogP contribution in [0.5, 0.6) is 5.75 Å². The van der Waals surface area contributed by atoms with Gasteiger partial charge in [-0.15, -0.1) is 0 Å². The molecule has 0 aliphatic heterocycles. The first-order valence-corrected chi connectivity index (χ1v) is 16.3. The molecule has 0 spiro atoms. The van der Waals surface area contributed by atoms with Gasteiger partial charge in [-0.1, -0.05) is 48.9 Å². The van der Waals surface area contributed by atoms with Gasteiger partial charge in [0.15, 0.2) is 5.78 Å².